The summed E-state index contributed by atoms with van der Waals surface area (Å²) in [7, 11) is 1.51. The molecular weight excluding hydrogens is 1530 g/mol. The van der Waals surface area contributed by atoms with Gasteiger partial charge in [-0.05, 0) is 115 Å². The maximum Gasteiger partial charge on any atom is 0.433 e. The maximum atomic E-state index is 13.2. The lowest BCUT2D eigenvalue weighted by molar-refractivity contribution is -0.141. The van der Waals surface area contributed by atoms with Crippen LogP contribution in [0.5, 0.6) is 5.75 Å². The molecule has 0 spiro atoms. The van der Waals surface area contributed by atoms with Gasteiger partial charge < -0.3 is 49.9 Å². The lowest BCUT2D eigenvalue weighted by atomic mass is 10.1. The first-order chi connectivity index (χ1) is 53.3. The van der Waals surface area contributed by atoms with E-state index in [2.05, 4.69) is 76.1 Å². The van der Waals surface area contributed by atoms with Crippen molar-refractivity contribution < 1.29 is 94.4 Å². The number of halogens is 3. The van der Waals surface area contributed by atoms with Crippen molar-refractivity contribution in [3.63, 3.8) is 0 Å². The molecule has 0 aliphatic heterocycles. The van der Waals surface area contributed by atoms with Crippen LogP contribution in [0.2, 0.25) is 0 Å². The molecule has 30 nitrogen and oxygen atoms in total. The number of benzene rings is 4. The lowest BCUT2D eigenvalue weighted by Crippen LogP contribution is -2.31. The molecule has 0 bridgehead atoms. The number of amides is 12. The van der Waals surface area contributed by atoms with Gasteiger partial charge >= 0.3 is 30.5 Å². The highest BCUT2D eigenvalue weighted by Crippen LogP contribution is 2.34. The average Bonchev–Trinajstić information content (AvgIpc) is 0.981. The number of anilines is 4. The number of pyridine rings is 4. The SMILES string of the molecule is CCOC(=O)NC(=O)c1ccsc1NC(=O)c1cc(=O)[nH]c2ccccc12.CCOC(=O)NC(=O)c1ccsc1NC(=O)c1cc(C(F)(F)F)nc2ccccc12.CCOC(=O)NC(=O)c1ccsc1NC(=O)c1cc(OC)c2ccccc2n1.CCOC(=O)NC(=O)c1ccsc1NC(=O)c1cc2ccccc2cn1. The van der Waals surface area contributed by atoms with Crippen LogP contribution in [0.3, 0.4) is 0 Å². The Bertz CT molecular complexity index is 5600. The van der Waals surface area contributed by atoms with E-state index >= 15 is 0 Å². The molecule has 12 aromatic rings. The molecule has 8 heterocycles. The summed E-state index contributed by atoms with van der Waals surface area (Å²) in [5, 5.41) is 29.3. The second-order valence-corrected chi connectivity index (χ2v) is 25.6. The first-order valence-corrected chi connectivity index (χ1v) is 36.2. The zero-order valence-corrected chi connectivity index (χ0v) is 61.8. The van der Waals surface area contributed by atoms with Gasteiger partial charge in [0.2, 0.25) is 5.56 Å². The van der Waals surface area contributed by atoms with Crippen LogP contribution in [0.25, 0.3) is 43.5 Å². The van der Waals surface area contributed by atoms with Crippen molar-refractivity contribution in [3.05, 3.63) is 234 Å². The molecule has 4 aromatic carbocycles. The Morgan fingerprint density at radius 2 is 0.784 bits per heavy atom. The lowest BCUT2D eigenvalue weighted by Gasteiger charge is -2.12. The molecule has 8 aromatic heterocycles. The number of rotatable bonds is 17. The van der Waals surface area contributed by atoms with Crippen molar-refractivity contribution in [2.75, 3.05) is 54.8 Å². The second-order valence-electron chi connectivity index (χ2n) is 22.0. The first kappa shape index (κ1) is 81.4. The Kier molecular flexibility index (Phi) is 28.1. The first-order valence-electron chi connectivity index (χ1n) is 32.7. The summed E-state index contributed by atoms with van der Waals surface area (Å²) in [6.07, 6.45) is -6.64. The average molecular weight is 1590 g/mol. The summed E-state index contributed by atoms with van der Waals surface area (Å²) in [5.74, 6) is -4.65. The summed E-state index contributed by atoms with van der Waals surface area (Å²) in [4.78, 5) is 172. The molecule has 12 rings (SSSR count). The molecule has 570 valence electrons. The molecule has 0 fully saturated rings. The molecule has 0 saturated carbocycles. The number of nitrogens with one attached hydrogen (secondary N) is 9. The highest BCUT2D eigenvalue weighted by molar-refractivity contribution is 7.15. The molecule has 0 radical (unpaired) electrons. The number of alkyl halides is 3. The number of ether oxygens (including phenoxy) is 5. The number of fused-ring (bicyclic) bond motifs is 4. The fourth-order valence-electron chi connectivity index (χ4n) is 9.86. The molecule has 0 unspecified atom stereocenters. The Morgan fingerprint density at radius 3 is 1.23 bits per heavy atom. The summed E-state index contributed by atoms with van der Waals surface area (Å²) in [5.41, 5.74) is 0.238. The largest absolute Gasteiger partial charge is 0.496 e. The molecular formula is C74H61F3N12O18S4. The van der Waals surface area contributed by atoms with Crippen LogP contribution < -0.4 is 52.8 Å². The van der Waals surface area contributed by atoms with Gasteiger partial charge in [0.05, 0.1) is 78.0 Å². The molecule has 111 heavy (non-hydrogen) atoms. The topological polar surface area (TPSA) is 419 Å². The Hall–Kier alpha value is -13.7. The monoisotopic (exact) mass is 1590 g/mol. The minimum atomic E-state index is -4.74. The van der Waals surface area contributed by atoms with Crippen molar-refractivity contribution in [3.8, 4) is 5.75 Å². The number of imide groups is 4. The minimum absolute atomic E-state index is 0.00364. The van der Waals surface area contributed by atoms with Gasteiger partial charge in [-0.1, -0.05) is 72.8 Å². The molecule has 0 aliphatic carbocycles. The molecule has 0 saturated heterocycles. The third kappa shape index (κ3) is 21.6. The number of thiophene rings is 4. The summed E-state index contributed by atoms with van der Waals surface area (Å²) >= 11 is 4.42. The summed E-state index contributed by atoms with van der Waals surface area (Å²) in [6, 6.07) is 38.6. The maximum absolute atomic E-state index is 13.2. The van der Waals surface area contributed by atoms with Gasteiger partial charge in [0.15, 0.2) is 0 Å². The van der Waals surface area contributed by atoms with Crippen LogP contribution in [0.1, 0.15) is 117 Å². The molecule has 0 aliphatic rings. The third-order valence-electron chi connectivity index (χ3n) is 14.8. The Labute approximate surface area is 641 Å². The second kappa shape index (κ2) is 38.2. The predicted molar refractivity (Wildman–Crippen MR) is 408 cm³/mol. The van der Waals surface area contributed by atoms with E-state index in [9.17, 15) is 75.5 Å². The predicted octanol–water partition coefficient (Wildman–Crippen LogP) is 14.1. The molecule has 9 N–H and O–H groups in total. The van der Waals surface area contributed by atoms with Gasteiger partial charge in [0.1, 0.15) is 42.8 Å². The van der Waals surface area contributed by atoms with Gasteiger partial charge in [-0.2, -0.15) is 13.2 Å². The van der Waals surface area contributed by atoms with Crippen molar-refractivity contribution in [2.24, 2.45) is 0 Å². The zero-order chi connectivity index (χ0) is 79.9. The normalized spacial score (nSPS) is 10.6. The van der Waals surface area contributed by atoms with Gasteiger partial charge in [-0.15, -0.1) is 45.3 Å². The van der Waals surface area contributed by atoms with Gasteiger partial charge in [-0.3, -0.25) is 69.4 Å². The molecule has 0 atom stereocenters. The minimum Gasteiger partial charge on any atom is -0.496 e. The quantitative estimate of drug-likeness (QED) is 0.0382. The number of nitrogens with zero attached hydrogens (tertiary/aromatic N) is 3. The number of hydrogen-bond acceptors (Lipinski definition) is 25. The van der Waals surface area contributed by atoms with E-state index in [1.807, 2.05) is 47.8 Å². The van der Waals surface area contributed by atoms with E-state index in [-0.39, 0.29) is 92.1 Å². The molecule has 37 heteroatoms. The molecule has 12 amide bonds. The van der Waals surface area contributed by atoms with E-state index in [0.717, 1.165) is 50.2 Å². The zero-order valence-electron chi connectivity index (χ0n) is 58.5. The van der Waals surface area contributed by atoms with Gasteiger partial charge in [-0.25, -0.2) is 29.1 Å². The van der Waals surface area contributed by atoms with E-state index < -0.39 is 89.1 Å². The summed E-state index contributed by atoms with van der Waals surface area (Å²) in [6.45, 7) is 6.93. The van der Waals surface area contributed by atoms with Crippen LogP contribution in [0.15, 0.2) is 178 Å². The fourth-order valence-corrected chi connectivity index (χ4v) is 13.0. The standard InChI is InChI=1S/C19H14F3N3O4S.C19H17N3O5S.C18H15N3O5S.C18H15N3O4S/c1-2-29-18(28)25-15(26)11-7-8-30-17(11)24-16(27)12-9-14(19(20,21)22)23-13-6-4-3-5-10(12)13;1-3-27-19(25)22-16(23)12-8-9-28-18(12)21-17(24)14-10-15(26-2)11-6-4-5-7-13(11)20-14;1-2-26-18(25)21-15(23)11-7-8-27-17(11)20-16(24)12-9-14(22)19-13-6-4-3-5-10(12)13;1-2-25-18(24)21-15(22)13-7-8-26-17(13)20-16(23)14-9-11-5-3-4-6-12(11)10-19-14/h3-9H,2H2,1H3,(H,24,27)(H,25,26,28);4-10H,3H2,1-2H3,(H,21,24)(H,22,23,25);3-9H,2H2,1H3,(H,19,22)(H,20,24)(H,21,23,25);3-10H,2H2,1H3,(H,20,23)(H,21,22,24). The van der Waals surface area contributed by atoms with Crippen molar-refractivity contribution >= 4 is 180 Å². The van der Waals surface area contributed by atoms with Crippen LogP contribution in [0, 0.1) is 0 Å². The van der Waals surface area contributed by atoms with Crippen LogP contribution >= 0.6 is 45.3 Å². The highest BCUT2D eigenvalue weighted by atomic mass is 32.1. The van der Waals surface area contributed by atoms with Crippen molar-refractivity contribution in [2.45, 2.75) is 33.9 Å². The Morgan fingerprint density at radius 1 is 0.405 bits per heavy atom. The van der Waals surface area contributed by atoms with E-state index in [1.165, 1.54) is 78.4 Å². The number of aromatic amines is 1. The fraction of sp³-hybridized carbons (Fsp3) is 0.135. The smallest absolute Gasteiger partial charge is 0.433 e. The van der Waals surface area contributed by atoms with Crippen LogP contribution in [-0.4, -0.2) is 125 Å². The number of methoxy groups -OCH3 is 1. The number of carbonyl (C=O) groups is 12. The number of carbonyl (C=O) groups excluding carboxylic acids is 12. The number of aromatic nitrogens is 4. The van der Waals surface area contributed by atoms with Crippen LogP contribution in [-0.2, 0) is 25.1 Å². The summed E-state index contributed by atoms with van der Waals surface area (Å²) < 4.78 is 63.6. The Balaban J connectivity index is 0.000000170. The van der Waals surface area contributed by atoms with E-state index in [0.29, 0.717) is 38.2 Å². The number of alkyl carbamates (subject to hydrolysis) is 4. The van der Waals surface area contributed by atoms with E-state index in [1.54, 1.807) is 92.5 Å². The van der Waals surface area contributed by atoms with E-state index in [4.69, 9.17) is 4.74 Å². The van der Waals surface area contributed by atoms with Gasteiger partial charge in [0, 0.05) is 45.4 Å². The number of hydrogen-bond donors (Lipinski definition) is 9. The third-order valence-corrected chi connectivity index (χ3v) is 18.1. The number of H-pyrrole nitrogens is 1. The van der Waals surface area contributed by atoms with Crippen molar-refractivity contribution in [1.29, 1.82) is 0 Å². The highest BCUT2D eigenvalue weighted by Gasteiger charge is 2.35. The van der Waals surface area contributed by atoms with Gasteiger partial charge in [0.25, 0.3) is 47.3 Å². The van der Waals surface area contributed by atoms with Crippen molar-refractivity contribution in [1.82, 2.24) is 41.2 Å². The number of para-hydroxylation sites is 3. The van der Waals surface area contributed by atoms with Crippen LogP contribution in [0.4, 0.5) is 52.4 Å².